The van der Waals surface area contributed by atoms with Gasteiger partial charge in [-0.25, -0.2) is 0 Å². The third-order valence-corrected chi connectivity index (χ3v) is 1.95. The number of carbonyl (C=O) groups excluding carboxylic acids is 2. The topological polar surface area (TPSA) is 46.2 Å². The fourth-order valence-electron chi connectivity index (χ4n) is 1.14. The molecular formula is C11H10F3NO2. The van der Waals surface area contributed by atoms with Crippen molar-refractivity contribution in [3.05, 3.63) is 35.4 Å². The number of amides is 1. The number of Topliss-reactive ketones (excluding diaryl/α,β-unsaturated/α-hetero) is 1. The highest BCUT2D eigenvalue weighted by Gasteiger charge is 2.30. The fourth-order valence-corrected chi connectivity index (χ4v) is 1.14. The van der Waals surface area contributed by atoms with E-state index in [1.54, 1.807) is 0 Å². The lowest BCUT2D eigenvalue weighted by atomic mass is 10.1. The van der Waals surface area contributed by atoms with Gasteiger partial charge in [-0.05, 0) is 25.1 Å². The van der Waals surface area contributed by atoms with Crippen LogP contribution in [-0.4, -0.2) is 18.2 Å². The maximum Gasteiger partial charge on any atom is 0.416 e. The van der Waals surface area contributed by atoms with E-state index in [4.69, 9.17) is 0 Å². The van der Waals surface area contributed by atoms with Crippen molar-refractivity contribution >= 4 is 11.7 Å². The van der Waals surface area contributed by atoms with Crippen molar-refractivity contribution in [2.45, 2.75) is 13.1 Å². The van der Waals surface area contributed by atoms with E-state index in [1.807, 2.05) is 0 Å². The van der Waals surface area contributed by atoms with Crippen molar-refractivity contribution in [1.29, 1.82) is 0 Å². The molecule has 0 atom stereocenters. The molecule has 0 aromatic heterocycles. The number of rotatable bonds is 3. The number of hydrogen-bond acceptors (Lipinski definition) is 2. The molecule has 0 bridgehead atoms. The molecule has 6 heteroatoms. The largest absolute Gasteiger partial charge is 0.416 e. The van der Waals surface area contributed by atoms with E-state index in [0.717, 1.165) is 18.2 Å². The SMILES string of the molecule is CC(=O)CNC(=O)c1cccc(C(F)(F)F)c1. The highest BCUT2D eigenvalue weighted by molar-refractivity contribution is 5.96. The van der Waals surface area contributed by atoms with E-state index in [-0.39, 0.29) is 17.9 Å². The van der Waals surface area contributed by atoms with E-state index >= 15 is 0 Å². The third kappa shape index (κ3) is 3.90. The van der Waals surface area contributed by atoms with Gasteiger partial charge in [-0.15, -0.1) is 0 Å². The minimum absolute atomic E-state index is 0.124. The average molecular weight is 245 g/mol. The van der Waals surface area contributed by atoms with Crippen molar-refractivity contribution in [1.82, 2.24) is 5.32 Å². The molecule has 1 rings (SSSR count). The summed E-state index contributed by atoms with van der Waals surface area (Å²) in [6, 6.07) is 4.02. The van der Waals surface area contributed by atoms with Crippen LogP contribution in [0.25, 0.3) is 0 Å². The third-order valence-electron chi connectivity index (χ3n) is 1.95. The fraction of sp³-hybridized carbons (Fsp3) is 0.273. The molecule has 0 aliphatic heterocycles. The zero-order valence-corrected chi connectivity index (χ0v) is 8.97. The van der Waals surface area contributed by atoms with Gasteiger partial charge in [0, 0.05) is 5.56 Å². The molecule has 0 unspecified atom stereocenters. The van der Waals surface area contributed by atoms with E-state index < -0.39 is 17.6 Å². The Bertz CT molecular complexity index is 441. The van der Waals surface area contributed by atoms with Crippen LogP contribution in [0.5, 0.6) is 0 Å². The van der Waals surface area contributed by atoms with Crippen molar-refractivity contribution in [2.24, 2.45) is 0 Å². The summed E-state index contributed by atoms with van der Waals surface area (Å²) in [5.41, 5.74) is -1.02. The molecule has 0 aliphatic carbocycles. The summed E-state index contributed by atoms with van der Waals surface area (Å²) in [6.45, 7) is 1.07. The predicted molar refractivity (Wildman–Crippen MR) is 54.5 cm³/mol. The molecule has 0 heterocycles. The van der Waals surface area contributed by atoms with Crippen molar-refractivity contribution in [2.75, 3.05) is 6.54 Å². The molecule has 17 heavy (non-hydrogen) atoms. The van der Waals surface area contributed by atoms with Gasteiger partial charge in [0.1, 0.15) is 5.78 Å². The van der Waals surface area contributed by atoms with Crippen LogP contribution in [0.15, 0.2) is 24.3 Å². The maximum absolute atomic E-state index is 12.4. The van der Waals surface area contributed by atoms with Gasteiger partial charge in [0.15, 0.2) is 0 Å². The predicted octanol–water partition coefficient (Wildman–Crippen LogP) is 2.02. The van der Waals surface area contributed by atoms with Gasteiger partial charge in [-0.2, -0.15) is 13.2 Å². The van der Waals surface area contributed by atoms with Gasteiger partial charge in [0.05, 0.1) is 12.1 Å². The van der Waals surface area contributed by atoms with Crippen LogP contribution in [0.2, 0.25) is 0 Å². The molecule has 92 valence electrons. The van der Waals surface area contributed by atoms with Crippen LogP contribution < -0.4 is 5.32 Å². The molecular weight excluding hydrogens is 235 g/mol. The Hall–Kier alpha value is -1.85. The average Bonchev–Trinajstić information content (AvgIpc) is 2.25. The number of benzene rings is 1. The highest BCUT2D eigenvalue weighted by atomic mass is 19.4. The van der Waals surface area contributed by atoms with Crippen LogP contribution in [0, 0.1) is 0 Å². The second kappa shape index (κ2) is 4.99. The Morgan fingerprint density at radius 1 is 1.29 bits per heavy atom. The van der Waals surface area contributed by atoms with E-state index in [9.17, 15) is 22.8 Å². The van der Waals surface area contributed by atoms with Gasteiger partial charge in [0.2, 0.25) is 0 Å². The lowest BCUT2D eigenvalue weighted by molar-refractivity contribution is -0.137. The first-order valence-corrected chi connectivity index (χ1v) is 4.75. The van der Waals surface area contributed by atoms with Crippen LogP contribution >= 0.6 is 0 Å². The second-order valence-corrected chi connectivity index (χ2v) is 3.46. The summed E-state index contributed by atoms with van der Waals surface area (Å²) in [5, 5.41) is 2.22. The minimum atomic E-state index is -4.49. The maximum atomic E-state index is 12.4. The molecule has 0 saturated heterocycles. The summed E-state index contributed by atoms with van der Waals surface area (Å²) >= 11 is 0. The van der Waals surface area contributed by atoms with Gasteiger partial charge in [0.25, 0.3) is 5.91 Å². The van der Waals surface area contributed by atoms with Gasteiger partial charge in [-0.3, -0.25) is 9.59 Å². The molecule has 1 N–H and O–H groups in total. The molecule has 0 spiro atoms. The standard InChI is InChI=1S/C11H10F3NO2/c1-7(16)6-15-10(17)8-3-2-4-9(5-8)11(12,13)14/h2-5H,6H2,1H3,(H,15,17). The molecule has 3 nitrogen and oxygen atoms in total. The first-order chi connectivity index (χ1) is 7.80. The Balaban J connectivity index is 2.85. The van der Waals surface area contributed by atoms with Crippen LogP contribution in [0.3, 0.4) is 0 Å². The van der Waals surface area contributed by atoms with Crippen molar-refractivity contribution < 1.29 is 22.8 Å². The molecule has 0 saturated carbocycles. The minimum Gasteiger partial charge on any atom is -0.345 e. The van der Waals surface area contributed by atoms with Gasteiger partial charge < -0.3 is 5.32 Å². The van der Waals surface area contributed by atoms with E-state index in [1.165, 1.54) is 13.0 Å². The Labute approximate surface area is 95.6 Å². The smallest absolute Gasteiger partial charge is 0.345 e. The second-order valence-electron chi connectivity index (χ2n) is 3.46. The van der Waals surface area contributed by atoms with Crippen molar-refractivity contribution in [3.63, 3.8) is 0 Å². The summed E-state index contributed by atoms with van der Waals surface area (Å²) in [7, 11) is 0. The summed E-state index contributed by atoms with van der Waals surface area (Å²) < 4.78 is 37.1. The van der Waals surface area contributed by atoms with Crippen LogP contribution in [0.4, 0.5) is 13.2 Å². The lowest BCUT2D eigenvalue weighted by Crippen LogP contribution is -2.28. The summed E-state index contributed by atoms with van der Waals surface area (Å²) in [6.07, 6.45) is -4.49. The number of nitrogens with one attached hydrogen (secondary N) is 1. The Morgan fingerprint density at radius 2 is 1.94 bits per heavy atom. The summed E-state index contributed by atoms with van der Waals surface area (Å²) in [5.74, 6) is -0.975. The Kier molecular flexibility index (Phi) is 3.88. The van der Waals surface area contributed by atoms with Crippen LogP contribution in [0.1, 0.15) is 22.8 Å². The van der Waals surface area contributed by atoms with Crippen LogP contribution in [-0.2, 0) is 11.0 Å². The van der Waals surface area contributed by atoms with Gasteiger partial charge in [-0.1, -0.05) is 6.07 Å². The molecule has 0 radical (unpaired) electrons. The van der Waals surface area contributed by atoms with E-state index in [2.05, 4.69) is 5.32 Å². The molecule has 1 aromatic carbocycles. The highest BCUT2D eigenvalue weighted by Crippen LogP contribution is 2.29. The molecule has 0 aliphatic rings. The number of halogens is 3. The normalized spacial score (nSPS) is 11.1. The lowest BCUT2D eigenvalue weighted by Gasteiger charge is -2.08. The Morgan fingerprint density at radius 3 is 2.47 bits per heavy atom. The zero-order valence-electron chi connectivity index (χ0n) is 8.97. The summed E-state index contributed by atoms with van der Waals surface area (Å²) in [4.78, 5) is 22.0. The number of carbonyl (C=O) groups is 2. The monoisotopic (exact) mass is 245 g/mol. The van der Waals surface area contributed by atoms with Crippen molar-refractivity contribution in [3.8, 4) is 0 Å². The van der Waals surface area contributed by atoms with Gasteiger partial charge >= 0.3 is 6.18 Å². The zero-order chi connectivity index (χ0) is 13.1. The first kappa shape index (κ1) is 13.2. The quantitative estimate of drug-likeness (QED) is 0.885. The first-order valence-electron chi connectivity index (χ1n) is 4.75. The molecule has 0 fully saturated rings. The molecule has 1 aromatic rings. The number of hydrogen-bond donors (Lipinski definition) is 1. The van der Waals surface area contributed by atoms with E-state index in [0.29, 0.717) is 0 Å². The number of alkyl halides is 3. The number of ketones is 1. The molecule has 1 amide bonds.